The molecule has 1 aromatic carbocycles. The second-order valence-electron chi connectivity index (χ2n) is 4.18. The van der Waals surface area contributed by atoms with Crippen molar-refractivity contribution in [3.8, 4) is 0 Å². The predicted octanol–water partition coefficient (Wildman–Crippen LogP) is 1.30. The number of carbonyl (C=O) groups is 1. The lowest BCUT2D eigenvalue weighted by Gasteiger charge is -2.20. The van der Waals surface area contributed by atoms with Gasteiger partial charge in [0.2, 0.25) is 5.95 Å². The largest absolute Gasteiger partial charge is 0.480 e. The van der Waals surface area contributed by atoms with E-state index in [-0.39, 0.29) is 5.95 Å². The molecule has 0 amide bonds. The van der Waals surface area contributed by atoms with Gasteiger partial charge in [-0.25, -0.2) is 9.78 Å². The summed E-state index contributed by atoms with van der Waals surface area (Å²) in [4.78, 5) is 15.1. The zero-order valence-corrected chi connectivity index (χ0v) is 9.51. The minimum Gasteiger partial charge on any atom is -0.480 e. The van der Waals surface area contributed by atoms with Gasteiger partial charge in [0.25, 0.3) is 0 Å². The van der Waals surface area contributed by atoms with Crippen LogP contribution in [0.5, 0.6) is 0 Å². The number of para-hydroxylation sites is 1. The minimum atomic E-state index is -1.13. The van der Waals surface area contributed by atoms with E-state index in [1.54, 1.807) is 12.1 Å². The van der Waals surface area contributed by atoms with Crippen molar-refractivity contribution in [2.75, 3.05) is 5.32 Å². The van der Waals surface area contributed by atoms with E-state index in [2.05, 4.69) is 20.5 Å². The zero-order valence-electron chi connectivity index (χ0n) is 9.51. The van der Waals surface area contributed by atoms with Gasteiger partial charge in [0.05, 0.1) is 5.52 Å². The average molecular weight is 232 g/mol. The normalized spacial score (nSPS) is 11.4. The standard InChI is InChI=1S/C11H12N4O2/c1-11(2,9(16)17)13-10-12-7-5-3-4-6-8(7)14-15-10/h3-6H,1-2H3,(H,16,17)(H,12,13,15). The molecule has 6 nitrogen and oxygen atoms in total. The molecule has 1 aromatic heterocycles. The second-order valence-corrected chi connectivity index (χ2v) is 4.18. The molecule has 2 rings (SSSR count). The van der Waals surface area contributed by atoms with Crippen LogP contribution in [0, 0.1) is 0 Å². The van der Waals surface area contributed by atoms with Crippen molar-refractivity contribution in [3.63, 3.8) is 0 Å². The van der Waals surface area contributed by atoms with E-state index in [0.717, 1.165) is 0 Å². The first-order valence-corrected chi connectivity index (χ1v) is 5.10. The number of rotatable bonds is 3. The fourth-order valence-electron chi connectivity index (χ4n) is 1.27. The molecule has 0 aliphatic heterocycles. The molecule has 17 heavy (non-hydrogen) atoms. The highest BCUT2D eigenvalue weighted by Crippen LogP contribution is 2.13. The lowest BCUT2D eigenvalue weighted by Crippen LogP contribution is -2.40. The maximum atomic E-state index is 11.0. The summed E-state index contributed by atoms with van der Waals surface area (Å²) >= 11 is 0. The first-order chi connectivity index (χ1) is 7.99. The number of aromatic nitrogens is 3. The van der Waals surface area contributed by atoms with Crippen LogP contribution in [-0.2, 0) is 4.79 Å². The van der Waals surface area contributed by atoms with Crippen LogP contribution in [0.4, 0.5) is 5.95 Å². The van der Waals surface area contributed by atoms with Crippen molar-refractivity contribution >= 4 is 23.0 Å². The maximum Gasteiger partial charge on any atom is 0.328 e. The Morgan fingerprint density at radius 3 is 2.53 bits per heavy atom. The molecule has 88 valence electrons. The summed E-state index contributed by atoms with van der Waals surface area (Å²) < 4.78 is 0. The number of carboxylic acid groups (broad SMARTS) is 1. The molecule has 0 saturated carbocycles. The van der Waals surface area contributed by atoms with Gasteiger partial charge >= 0.3 is 5.97 Å². The fourth-order valence-corrected chi connectivity index (χ4v) is 1.27. The molecule has 0 fully saturated rings. The van der Waals surface area contributed by atoms with Crippen LogP contribution in [0.25, 0.3) is 11.0 Å². The molecular formula is C11H12N4O2. The highest BCUT2D eigenvalue weighted by atomic mass is 16.4. The van der Waals surface area contributed by atoms with E-state index in [1.165, 1.54) is 13.8 Å². The number of hydrogen-bond acceptors (Lipinski definition) is 5. The van der Waals surface area contributed by atoms with E-state index >= 15 is 0 Å². The first-order valence-electron chi connectivity index (χ1n) is 5.10. The summed E-state index contributed by atoms with van der Waals surface area (Å²) in [6.45, 7) is 3.07. The summed E-state index contributed by atoms with van der Waals surface area (Å²) in [5.41, 5.74) is 0.210. The molecule has 0 saturated heterocycles. The van der Waals surface area contributed by atoms with Crippen LogP contribution in [0.2, 0.25) is 0 Å². The Morgan fingerprint density at radius 1 is 1.24 bits per heavy atom. The average Bonchev–Trinajstić information content (AvgIpc) is 2.28. The summed E-state index contributed by atoms with van der Waals surface area (Å²) in [6.07, 6.45) is 0. The predicted molar refractivity (Wildman–Crippen MR) is 62.7 cm³/mol. The quantitative estimate of drug-likeness (QED) is 0.829. The van der Waals surface area contributed by atoms with Crippen LogP contribution >= 0.6 is 0 Å². The van der Waals surface area contributed by atoms with Gasteiger partial charge in [0, 0.05) is 0 Å². The molecule has 0 radical (unpaired) electrons. The third-order valence-corrected chi connectivity index (χ3v) is 2.32. The summed E-state index contributed by atoms with van der Waals surface area (Å²) in [7, 11) is 0. The van der Waals surface area contributed by atoms with Crippen molar-refractivity contribution in [1.82, 2.24) is 15.2 Å². The number of carboxylic acids is 1. The molecule has 1 heterocycles. The van der Waals surface area contributed by atoms with Gasteiger partial charge < -0.3 is 10.4 Å². The lowest BCUT2D eigenvalue weighted by molar-refractivity contribution is -0.141. The van der Waals surface area contributed by atoms with E-state index in [1.807, 2.05) is 12.1 Å². The van der Waals surface area contributed by atoms with Crippen molar-refractivity contribution in [1.29, 1.82) is 0 Å². The van der Waals surface area contributed by atoms with Crippen LogP contribution in [0.1, 0.15) is 13.8 Å². The van der Waals surface area contributed by atoms with Crippen molar-refractivity contribution in [2.45, 2.75) is 19.4 Å². The number of anilines is 1. The molecule has 2 N–H and O–H groups in total. The minimum absolute atomic E-state index is 0.205. The molecule has 0 unspecified atom stereocenters. The number of nitrogens with one attached hydrogen (secondary N) is 1. The van der Waals surface area contributed by atoms with E-state index in [0.29, 0.717) is 11.0 Å². The van der Waals surface area contributed by atoms with Gasteiger partial charge in [-0.15, -0.1) is 10.2 Å². The number of fused-ring (bicyclic) bond motifs is 1. The van der Waals surface area contributed by atoms with E-state index in [4.69, 9.17) is 5.11 Å². The van der Waals surface area contributed by atoms with Crippen LogP contribution in [0.15, 0.2) is 24.3 Å². The summed E-state index contributed by atoms with van der Waals surface area (Å²) in [5, 5.41) is 19.5. The second kappa shape index (κ2) is 3.97. The van der Waals surface area contributed by atoms with Gasteiger partial charge in [-0.3, -0.25) is 0 Å². The van der Waals surface area contributed by atoms with E-state index < -0.39 is 11.5 Å². The van der Waals surface area contributed by atoms with Gasteiger partial charge in [-0.05, 0) is 26.0 Å². The lowest BCUT2D eigenvalue weighted by atomic mass is 10.1. The van der Waals surface area contributed by atoms with Crippen LogP contribution in [-0.4, -0.2) is 31.8 Å². The first kappa shape index (κ1) is 11.3. The Balaban J connectivity index is 2.34. The van der Waals surface area contributed by atoms with Crippen molar-refractivity contribution < 1.29 is 9.90 Å². The van der Waals surface area contributed by atoms with E-state index in [9.17, 15) is 4.79 Å². The third-order valence-electron chi connectivity index (χ3n) is 2.32. The van der Waals surface area contributed by atoms with Crippen LogP contribution in [0.3, 0.4) is 0 Å². The number of benzene rings is 1. The molecular weight excluding hydrogens is 220 g/mol. The molecule has 0 aliphatic rings. The van der Waals surface area contributed by atoms with Crippen molar-refractivity contribution in [2.24, 2.45) is 0 Å². The van der Waals surface area contributed by atoms with Gasteiger partial charge in [0.15, 0.2) is 0 Å². The Kier molecular flexibility index (Phi) is 2.63. The van der Waals surface area contributed by atoms with Crippen molar-refractivity contribution in [3.05, 3.63) is 24.3 Å². The molecule has 0 bridgehead atoms. The Morgan fingerprint density at radius 2 is 1.88 bits per heavy atom. The smallest absolute Gasteiger partial charge is 0.328 e. The molecule has 2 aromatic rings. The SMILES string of the molecule is CC(C)(Nc1nnc2ccccc2n1)C(=O)O. The molecule has 0 aliphatic carbocycles. The highest BCUT2D eigenvalue weighted by molar-refractivity contribution is 5.81. The molecule has 0 atom stereocenters. The monoisotopic (exact) mass is 232 g/mol. The van der Waals surface area contributed by atoms with Crippen LogP contribution < -0.4 is 5.32 Å². The number of aliphatic carboxylic acids is 1. The number of nitrogens with zero attached hydrogens (tertiary/aromatic N) is 3. The third kappa shape index (κ3) is 2.30. The Labute approximate surface area is 97.7 Å². The zero-order chi connectivity index (χ0) is 12.5. The topological polar surface area (TPSA) is 88.0 Å². The summed E-state index contributed by atoms with van der Waals surface area (Å²) in [5.74, 6) is -0.773. The Bertz CT molecular complexity index is 568. The Hall–Kier alpha value is -2.24. The van der Waals surface area contributed by atoms with Gasteiger partial charge in [0.1, 0.15) is 11.1 Å². The molecule has 0 spiro atoms. The van der Waals surface area contributed by atoms with Gasteiger partial charge in [-0.2, -0.15) is 0 Å². The maximum absolute atomic E-state index is 11.0. The molecule has 6 heteroatoms. The van der Waals surface area contributed by atoms with Gasteiger partial charge in [-0.1, -0.05) is 12.1 Å². The number of hydrogen-bond donors (Lipinski definition) is 2. The fraction of sp³-hybridized carbons (Fsp3) is 0.273. The highest BCUT2D eigenvalue weighted by Gasteiger charge is 2.27. The summed E-state index contributed by atoms with van der Waals surface area (Å²) in [6, 6.07) is 7.26.